The fraction of sp³-hybridized carbons (Fsp3) is 0.0833. The molecule has 0 aliphatic carbocycles. The van der Waals surface area contributed by atoms with Gasteiger partial charge in [0.1, 0.15) is 11.8 Å². The number of nitrogens with one attached hydrogen (secondary N) is 1. The van der Waals surface area contributed by atoms with E-state index in [-0.39, 0.29) is 17.8 Å². The summed E-state index contributed by atoms with van der Waals surface area (Å²) in [7, 11) is 0. The molecule has 0 spiro atoms. The van der Waals surface area contributed by atoms with Crippen molar-refractivity contribution >= 4 is 50.5 Å². The van der Waals surface area contributed by atoms with Crippen LogP contribution in [0.3, 0.4) is 0 Å². The molecule has 0 radical (unpaired) electrons. The van der Waals surface area contributed by atoms with Crippen molar-refractivity contribution in [3.63, 3.8) is 0 Å². The minimum absolute atomic E-state index is 0.104. The SMILES string of the molecule is Oc1ccc(Cl)cc1N1C(=S)N[C@@H](c2ccccn2)[C@@H]1c1cccn1-c1ccc(Br)cc1. The molecule has 5 nitrogen and oxygen atoms in total. The highest BCUT2D eigenvalue weighted by Crippen LogP contribution is 2.45. The number of nitrogens with zero attached hydrogens (tertiary/aromatic N) is 3. The maximum absolute atomic E-state index is 10.7. The number of hydrogen-bond acceptors (Lipinski definition) is 3. The van der Waals surface area contributed by atoms with Gasteiger partial charge in [0.05, 0.1) is 17.4 Å². The van der Waals surface area contributed by atoms with Crippen molar-refractivity contribution in [2.24, 2.45) is 0 Å². The highest BCUT2D eigenvalue weighted by Gasteiger charge is 2.43. The minimum atomic E-state index is -0.277. The topological polar surface area (TPSA) is 53.3 Å². The van der Waals surface area contributed by atoms with Gasteiger partial charge in [0.15, 0.2) is 5.11 Å². The normalized spacial score (nSPS) is 18.1. The first-order chi connectivity index (χ1) is 15.5. The van der Waals surface area contributed by atoms with Crippen LogP contribution in [0.15, 0.2) is 89.7 Å². The summed E-state index contributed by atoms with van der Waals surface area (Å²) in [5.41, 5.74) is 3.41. The summed E-state index contributed by atoms with van der Waals surface area (Å²) in [5, 5.41) is 15.1. The molecule has 2 N–H and O–H groups in total. The summed E-state index contributed by atoms with van der Waals surface area (Å²) in [6.45, 7) is 0. The Morgan fingerprint density at radius 1 is 1.03 bits per heavy atom. The Bertz CT molecular complexity index is 1280. The molecular weight excluding hydrogens is 508 g/mol. The highest BCUT2D eigenvalue weighted by atomic mass is 79.9. The van der Waals surface area contributed by atoms with E-state index in [2.05, 4.69) is 36.9 Å². The molecule has 4 aromatic rings. The maximum atomic E-state index is 10.7. The number of anilines is 1. The number of hydrogen-bond donors (Lipinski definition) is 2. The van der Waals surface area contributed by atoms with Crippen LogP contribution in [0.5, 0.6) is 5.75 Å². The zero-order valence-corrected chi connectivity index (χ0v) is 19.8. The summed E-state index contributed by atoms with van der Waals surface area (Å²) in [5.74, 6) is 0.104. The van der Waals surface area contributed by atoms with Crippen LogP contribution < -0.4 is 10.2 Å². The molecule has 0 saturated carbocycles. The lowest BCUT2D eigenvalue weighted by molar-refractivity contribution is 0.472. The average Bonchev–Trinajstić information content (AvgIpc) is 3.41. The quantitative estimate of drug-likeness (QED) is 0.312. The van der Waals surface area contributed by atoms with Gasteiger partial charge in [0, 0.05) is 33.3 Å². The molecule has 32 heavy (non-hydrogen) atoms. The summed E-state index contributed by atoms with van der Waals surface area (Å²) in [6.07, 6.45) is 3.79. The first-order valence-corrected chi connectivity index (χ1v) is 11.5. The number of thiocarbonyl (C=S) groups is 1. The number of rotatable bonds is 4. The molecule has 1 saturated heterocycles. The van der Waals surface area contributed by atoms with Gasteiger partial charge in [0.25, 0.3) is 0 Å². The Kier molecular flexibility index (Phi) is 5.63. The fourth-order valence-corrected chi connectivity index (χ4v) is 4.85. The van der Waals surface area contributed by atoms with Crippen LogP contribution in [0.4, 0.5) is 5.69 Å². The van der Waals surface area contributed by atoms with Crippen molar-refractivity contribution in [1.29, 1.82) is 0 Å². The van der Waals surface area contributed by atoms with E-state index in [1.165, 1.54) is 0 Å². The molecular formula is C24H18BrClN4OS. The lowest BCUT2D eigenvalue weighted by Crippen LogP contribution is -2.30. The number of benzene rings is 2. The lowest BCUT2D eigenvalue weighted by Gasteiger charge is -2.29. The Labute approximate surface area is 204 Å². The first-order valence-electron chi connectivity index (χ1n) is 9.95. The molecule has 2 atom stereocenters. The van der Waals surface area contributed by atoms with Gasteiger partial charge < -0.3 is 19.9 Å². The van der Waals surface area contributed by atoms with Gasteiger partial charge in [-0.2, -0.15) is 0 Å². The molecule has 2 aromatic carbocycles. The molecule has 160 valence electrons. The zero-order valence-electron chi connectivity index (χ0n) is 16.7. The predicted molar refractivity (Wildman–Crippen MR) is 135 cm³/mol. The van der Waals surface area contributed by atoms with Crippen LogP contribution in [0, 0.1) is 0 Å². The Balaban J connectivity index is 1.69. The number of halogens is 2. The van der Waals surface area contributed by atoms with Crippen LogP contribution in [0.2, 0.25) is 5.02 Å². The fourth-order valence-electron chi connectivity index (χ4n) is 4.08. The largest absolute Gasteiger partial charge is 0.506 e. The van der Waals surface area contributed by atoms with E-state index in [1.807, 2.05) is 59.6 Å². The second-order valence-electron chi connectivity index (χ2n) is 7.41. The van der Waals surface area contributed by atoms with Gasteiger partial charge in [-0.25, -0.2) is 0 Å². The molecule has 0 bridgehead atoms. The summed E-state index contributed by atoms with van der Waals surface area (Å²) >= 11 is 15.5. The van der Waals surface area contributed by atoms with Gasteiger partial charge in [-0.05, 0) is 78.9 Å². The van der Waals surface area contributed by atoms with Crippen molar-refractivity contribution in [3.8, 4) is 11.4 Å². The molecule has 3 heterocycles. The Morgan fingerprint density at radius 2 is 1.84 bits per heavy atom. The maximum Gasteiger partial charge on any atom is 0.174 e. The van der Waals surface area contributed by atoms with E-state index < -0.39 is 0 Å². The molecule has 8 heteroatoms. The van der Waals surface area contributed by atoms with Gasteiger partial charge in [0.2, 0.25) is 0 Å². The van der Waals surface area contributed by atoms with Crippen LogP contribution in [0.25, 0.3) is 5.69 Å². The van der Waals surface area contributed by atoms with Crippen LogP contribution in [0.1, 0.15) is 23.5 Å². The predicted octanol–water partition coefficient (Wildman–Crippen LogP) is 6.17. The third kappa shape index (κ3) is 3.77. The van der Waals surface area contributed by atoms with Crippen molar-refractivity contribution in [1.82, 2.24) is 14.9 Å². The molecule has 0 amide bonds. The van der Waals surface area contributed by atoms with E-state index in [9.17, 15) is 5.11 Å². The van der Waals surface area contributed by atoms with Crippen molar-refractivity contribution < 1.29 is 5.11 Å². The second kappa shape index (κ2) is 8.58. The van der Waals surface area contributed by atoms with Crippen LogP contribution >= 0.6 is 39.7 Å². The minimum Gasteiger partial charge on any atom is -0.506 e. The first kappa shape index (κ1) is 21.0. The zero-order chi connectivity index (χ0) is 22.2. The van der Waals surface area contributed by atoms with E-state index in [4.69, 9.17) is 23.8 Å². The number of phenols is 1. The van der Waals surface area contributed by atoms with E-state index >= 15 is 0 Å². The van der Waals surface area contributed by atoms with Gasteiger partial charge in [-0.15, -0.1) is 0 Å². The van der Waals surface area contributed by atoms with Crippen LogP contribution in [-0.2, 0) is 0 Å². The molecule has 2 aromatic heterocycles. The van der Waals surface area contributed by atoms with E-state index in [0.29, 0.717) is 15.8 Å². The Morgan fingerprint density at radius 3 is 2.59 bits per heavy atom. The van der Waals surface area contributed by atoms with E-state index in [0.717, 1.165) is 21.5 Å². The van der Waals surface area contributed by atoms with Gasteiger partial charge in [-0.1, -0.05) is 33.6 Å². The monoisotopic (exact) mass is 524 g/mol. The van der Waals surface area contributed by atoms with Crippen molar-refractivity contribution in [2.75, 3.05) is 4.90 Å². The Hall–Kier alpha value is -2.87. The molecule has 1 aliphatic rings. The molecule has 1 fully saturated rings. The van der Waals surface area contributed by atoms with Crippen molar-refractivity contribution in [2.45, 2.75) is 12.1 Å². The molecule has 1 aliphatic heterocycles. The number of pyridine rings is 1. The third-order valence-corrected chi connectivity index (χ3v) is 6.56. The van der Waals surface area contributed by atoms with Crippen molar-refractivity contribution in [3.05, 3.63) is 106 Å². The highest BCUT2D eigenvalue weighted by molar-refractivity contribution is 9.10. The van der Waals surface area contributed by atoms with Gasteiger partial charge in [-0.3, -0.25) is 4.98 Å². The standard InChI is InChI=1S/C24H18BrClN4OS/c25-15-6-9-17(10-7-15)29-13-3-5-19(29)23-22(18-4-1-2-12-27-18)28-24(32)30(23)20-14-16(26)8-11-21(20)31/h1-14,22-23,31H,(H,28,32)/t22-,23-/m0/s1. The lowest BCUT2D eigenvalue weighted by atomic mass is 10.0. The van der Waals surface area contributed by atoms with Crippen LogP contribution in [-0.4, -0.2) is 19.8 Å². The smallest absolute Gasteiger partial charge is 0.174 e. The third-order valence-electron chi connectivity index (χ3n) is 5.48. The summed E-state index contributed by atoms with van der Waals surface area (Å²) < 4.78 is 3.13. The van der Waals surface area contributed by atoms with Gasteiger partial charge >= 0.3 is 0 Å². The number of aromatic hydroxyl groups is 1. The average molecular weight is 526 g/mol. The second-order valence-corrected chi connectivity index (χ2v) is 9.15. The number of aromatic nitrogens is 2. The number of phenolic OH excluding ortho intramolecular Hbond substituents is 1. The summed E-state index contributed by atoms with van der Waals surface area (Å²) in [4.78, 5) is 6.50. The molecule has 0 unspecified atom stereocenters. The summed E-state index contributed by atoms with van der Waals surface area (Å²) in [6, 6.07) is 22.4. The van der Waals surface area contributed by atoms with E-state index in [1.54, 1.807) is 24.4 Å². The molecule has 5 rings (SSSR count).